The Labute approximate surface area is 198 Å². The third kappa shape index (κ3) is 4.68. The van der Waals surface area contributed by atoms with Gasteiger partial charge in [0.1, 0.15) is 11.4 Å². The van der Waals surface area contributed by atoms with Crippen LogP contribution in [0.1, 0.15) is 34.3 Å². The summed E-state index contributed by atoms with van der Waals surface area (Å²) in [4.78, 5) is 44.5. The number of aliphatic imine (C=N–C) groups is 1. The van der Waals surface area contributed by atoms with Crippen molar-refractivity contribution in [2.75, 3.05) is 0 Å². The van der Waals surface area contributed by atoms with Crippen LogP contribution in [0.15, 0.2) is 64.5 Å². The number of benzene rings is 2. The second-order valence-corrected chi connectivity index (χ2v) is 8.24. The molecule has 0 aliphatic carbocycles. The Balaban J connectivity index is 1.73. The summed E-state index contributed by atoms with van der Waals surface area (Å²) in [6.07, 6.45) is 6.16. The Morgan fingerprint density at radius 1 is 1.21 bits per heavy atom. The Kier molecular flexibility index (Phi) is 6.44. The fraction of sp³-hybridized carbons (Fsp3) is 0.154. The predicted molar refractivity (Wildman–Crippen MR) is 128 cm³/mol. The summed E-state index contributed by atoms with van der Waals surface area (Å²) in [6, 6.07) is 9.54. The van der Waals surface area contributed by atoms with Crippen LogP contribution in [-0.2, 0) is 11.2 Å². The number of carboxylic acids is 1. The van der Waals surface area contributed by atoms with Gasteiger partial charge in [-0.3, -0.25) is 19.4 Å². The number of ketones is 1. The average Bonchev–Trinajstić information content (AvgIpc) is 3.28. The van der Waals surface area contributed by atoms with Crippen molar-refractivity contribution in [3.05, 3.63) is 92.5 Å². The Hall–Kier alpha value is -4.02. The molecule has 170 valence electrons. The van der Waals surface area contributed by atoms with Crippen LogP contribution in [0.5, 0.6) is 0 Å². The van der Waals surface area contributed by atoms with Crippen molar-refractivity contribution in [1.29, 1.82) is 0 Å². The summed E-state index contributed by atoms with van der Waals surface area (Å²) >= 11 is 5.95. The zero-order valence-corrected chi connectivity index (χ0v) is 18.5. The summed E-state index contributed by atoms with van der Waals surface area (Å²) in [7, 11) is 0. The molecule has 1 unspecified atom stereocenters. The number of hydrogen-bond acceptors (Lipinski definition) is 4. The number of carbonyl (C=O) groups excluding carboxylic acids is 1. The number of fused-ring (bicyclic) bond motifs is 1. The standard InChI is InChI=1S/C26H18ClFN2O4/c27-18-8-6-16(7-9-18)14-26(10-3-11-30-26)25(34)20-15-29-23-19(24(20)33)12-17(13-21(23)28)4-1-2-5-22(31)32/h3,6-13,15H,2,5,14H2,(H,29,33)(H,31,32). The first kappa shape index (κ1) is 23.1. The predicted octanol–water partition coefficient (Wildman–Crippen LogP) is 4.34. The molecular formula is C26H18ClFN2O4. The van der Waals surface area contributed by atoms with Gasteiger partial charge in [0, 0.05) is 35.8 Å². The van der Waals surface area contributed by atoms with E-state index in [0.29, 0.717) is 5.02 Å². The fourth-order valence-electron chi connectivity index (χ4n) is 3.75. The van der Waals surface area contributed by atoms with Crippen LogP contribution in [0, 0.1) is 17.7 Å². The van der Waals surface area contributed by atoms with Crippen LogP contribution in [0.3, 0.4) is 0 Å². The van der Waals surface area contributed by atoms with E-state index < -0.39 is 28.5 Å². The van der Waals surface area contributed by atoms with Crippen LogP contribution in [-0.4, -0.2) is 33.6 Å². The van der Waals surface area contributed by atoms with Gasteiger partial charge < -0.3 is 10.1 Å². The summed E-state index contributed by atoms with van der Waals surface area (Å²) in [5.41, 5.74) is -1.13. The lowest BCUT2D eigenvalue weighted by molar-refractivity contribution is -0.136. The van der Waals surface area contributed by atoms with Gasteiger partial charge in [-0.05, 0) is 42.0 Å². The number of aromatic nitrogens is 1. The zero-order chi connectivity index (χ0) is 24.3. The third-order valence-corrected chi connectivity index (χ3v) is 5.68. The van der Waals surface area contributed by atoms with E-state index in [1.54, 1.807) is 36.4 Å². The number of rotatable bonds is 6. The van der Waals surface area contributed by atoms with Gasteiger partial charge in [-0.25, -0.2) is 4.39 Å². The van der Waals surface area contributed by atoms with Crippen molar-refractivity contribution in [2.45, 2.75) is 24.8 Å². The Bertz CT molecular complexity index is 1460. The summed E-state index contributed by atoms with van der Waals surface area (Å²) in [6.45, 7) is 0. The van der Waals surface area contributed by atoms with E-state index in [0.717, 1.165) is 11.6 Å². The maximum absolute atomic E-state index is 14.6. The normalized spacial score (nSPS) is 16.4. The molecule has 4 rings (SSSR count). The molecule has 0 saturated carbocycles. The lowest BCUT2D eigenvalue weighted by Crippen LogP contribution is -2.38. The number of aromatic amines is 1. The molecule has 0 saturated heterocycles. The van der Waals surface area contributed by atoms with Crippen molar-refractivity contribution >= 4 is 40.5 Å². The highest BCUT2D eigenvalue weighted by Gasteiger charge is 2.39. The van der Waals surface area contributed by atoms with E-state index in [1.807, 2.05) is 0 Å². The van der Waals surface area contributed by atoms with Gasteiger partial charge in [-0.2, -0.15) is 0 Å². The van der Waals surface area contributed by atoms with Gasteiger partial charge >= 0.3 is 5.97 Å². The molecule has 6 nitrogen and oxygen atoms in total. The summed E-state index contributed by atoms with van der Waals surface area (Å²) in [5.74, 6) is 3.11. The van der Waals surface area contributed by atoms with Crippen molar-refractivity contribution in [3.8, 4) is 11.8 Å². The van der Waals surface area contributed by atoms with E-state index in [-0.39, 0.29) is 41.3 Å². The molecule has 0 bridgehead atoms. The number of halogens is 2. The van der Waals surface area contributed by atoms with Gasteiger partial charge in [0.05, 0.1) is 22.9 Å². The molecule has 1 aliphatic heterocycles. The minimum atomic E-state index is -1.30. The minimum Gasteiger partial charge on any atom is -0.481 e. The molecule has 34 heavy (non-hydrogen) atoms. The van der Waals surface area contributed by atoms with E-state index in [1.165, 1.54) is 18.5 Å². The average molecular weight is 477 g/mol. The minimum absolute atomic E-state index is 0.0269. The quantitative estimate of drug-likeness (QED) is 0.408. The van der Waals surface area contributed by atoms with Gasteiger partial charge in [-0.15, -0.1) is 0 Å². The number of nitrogens with one attached hydrogen (secondary N) is 1. The highest BCUT2D eigenvalue weighted by Crippen LogP contribution is 2.28. The maximum atomic E-state index is 14.6. The molecule has 8 heteroatoms. The van der Waals surface area contributed by atoms with E-state index >= 15 is 0 Å². The van der Waals surface area contributed by atoms with Gasteiger partial charge in [0.2, 0.25) is 0 Å². The van der Waals surface area contributed by atoms with Crippen molar-refractivity contribution in [1.82, 2.24) is 4.98 Å². The smallest absolute Gasteiger partial charge is 0.304 e. The number of Topliss-reactive ketones (excluding diaryl/α,β-unsaturated/α-hetero) is 1. The molecule has 1 aromatic heterocycles. The molecule has 0 fully saturated rings. The number of carbonyl (C=O) groups is 2. The largest absolute Gasteiger partial charge is 0.481 e. The van der Waals surface area contributed by atoms with Gasteiger partial charge in [0.25, 0.3) is 0 Å². The molecule has 0 radical (unpaired) electrons. The number of H-pyrrole nitrogens is 1. The number of pyridine rings is 1. The van der Waals surface area contributed by atoms with Crippen LogP contribution in [0.4, 0.5) is 4.39 Å². The van der Waals surface area contributed by atoms with Gasteiger partial charge in [0.15, 0.2) is 11.2 Å². The summed E-state index contributed by atoms with van der Waals surface area (Å²) < 4.78 is 14.6. The maximum Gasteiger partial charge on any atom is 0.304 e. The SMILES string of the molecule is O=C(O)CCC#Cc1cc(F)c2[nH]cc(C(=O)C3(Cc4ccc(Cl)cc4)C=CC=N3)c(=O)c2c1. The van der Waals surface area contributed by atoms with E-state index in [9.17, 15) is 18.8 Å². The monoisotopic (exact) mass is 476 g/mol. The topological polar surface area (TPSA) is 99.6 Å². The number of allylic oxidation sites excluding steroid dienone is 1. The van der Waals surface area contributed by atoms with E-state index in [4.69, 9.17) is 16.7 Å². The number of nitrogens with zero attached hydrogens (tertiary/aromatic N) is 1. The first-order valence-electron chi connectivity index (χ1n) is 10.4. The van der Waals surface area contributed by atoms with Gasteiger partial charge in [-0.1, -0.05) is 35.6 Å². The van der Waals surface area contributed by atoms with Crippen LogP contribution in [0.2, 0.25) is 5.02 Å². The molecule has 2 heterocycles. The van der Waals surface area contributed by atoms with Crippen molar-refractivity contribution < 1.29 is 19.1 Å². The van der Waals surface area contributed by atoms with E-state index in [2.05, 4.69) is 21.8 Å². The first-order valence-corrected chi connectivity index (χ1v) is 10.7. The third-order valence-electron chi connectivity index (χ3n) is 5.42. The first-order chi connectivity index (χ1) is 16.3. The number of hydrogen-bond donors (Lipinski definition) is 2. The lowest BCUT2D eigenvalue weighted by Gasteiger charge is -2.23. The molecule has 2 aromatic carbocycles. The molecule has 3 aromatic rings. The second kappa shape index (κ2) is 9.46. The molecule has 2 N–H and O–H groups in total. The van der Waals surface area contributed by atoms with Crippen LogP contribution >= 0.6 is 11.6 Å². The van der Waals surface area contributed by atoms with Crippen molar-refractivity contribution in [3.63, 3.8) is 0 Å². The highest BCUT2D eigenvalue weighted by molar-refractivity contribution is 6.30. The van der Waals surface area contributed by atoms with Crippen LogP contribution < -0.4 is 5.43 Å². The van der Waals surface area contributed by atoms with Crippen LogP contribution in [0.25, 0.3) is 10.9 Å². The molecule has 0 spiro atoms. The second-order valence-electron chi connectivity index (χ2n) is 7.80. The lowest BCUT2D eigenvalue weighted by atomic mass is 9.84. The highest BCUT2D eigenvalue weighted by atomic mass is 35.5. The molecule has 0 amide bonds. The molecule has 1 aliphatic rings. The number of aliphatic carboxylic acids is 1. The zero-order valence-electron chi connectivity index (χ0n) is 17.8. The Morgan fingerprint density at radius 3 is 2.65 bits per heavy atom. The molecule has 1 atom stereocenters. The molecular weight excluding hydrogens is 459 g/mol. The fourth-order valence-corrected chi connectivity index (χ4v) is 3.88. The van der Waals surface area contributed by atoms with Crippen molar-refractivity contribution in [2.24, 2.45) is 4.99 Å². The Morgan fingerprint density at radius 2 is 1.97 bits per heavy atom. The summed E-state index contributed by atoms with van der Waals surface area (Å²) in [5, 5.41) is 9.24. The number of carboxylic acid groups (broad SMARTS) is 1.